The van der Waals surface area contributed by atoms with Crippen LogP contribution < -0.4 is 5.32 Å². The van der Waals surface area contributed by atoms with E-state index in [1.807, 2.05) is 0 Å². The zero-order valence-electron chi connectivity index (χ0n) is 13.4. The highest BCUT2D eigenvalue weighted by Crippen LogP contribution is 2.35. The first-order valence-corrected chi connectivity index (χ1v) is 7.70. The number of benzene rings is 1. The summed E-state index contributed by atoms with van der Waals surface area (Å²) in [5.74, 6) is -1.45. The molecule has 3 atom stereocenters. The molecule has 0 aromatic heterocycles. The van der Waals surface area contributed by atoms with Crippen LogP contribution in [0.3, 0.4) is 0 Å². The highest BCUT2D eigenvalue weighted by molar-refractivity contribution is 5.83. The van der Waals surface area contributed by atoms with Crippen LogP contribution in [0.5, 0.6) is 0 Å². The molecule has 1 amide bonds. The Balaban J connectivity index is 2.27. The number of piperidine rings is 1. The summed E-state index contributed by atoms with van der Waals surface area (Å²) in [5.41, 5.74) is 0.688. The van der Waals surface area contributed by atoms with E-state index >= 15 is 0 Å². The van der Waals surface area contributed by atoms with Gasteiger partial charge in [0.2, 0.25) is 5.91 Å². The lowest BCUT2D eigenvalue weighted by atomic mass is 9.81. The zero-order valence-corrected chi connectivity index (χ0v) is 13.4. The number of rotatable bonds is 4. The predicted octanol–water partition coefficient (Wildman–Crippen LogP) is 3.47. The van der Waals surface area contributed by atoms with Crippen LogP contribution in [0.2, 0.25) is 0 Å². The number of nitrogens with one attached hydrogen (secondary N) is 1. The summed E-state index contributed by atoms with van der Waals surface area (Å²) < 4.78 is 75.8. The minimum atomic E-state index is -4.63. The molecule has 25 heavy (non-hydrogen) atoms. The molecule has 0 spiro atoms. The van der Waals surface area contributed by atoms with Gasteiger partial charge >= 0.3 is 12.4 Å². The number of halogens is 6. The minimum absolute atomic E-state index is 0.00838. The number of hydrogen-bond donors (Lipinski definition) is 1. The van der Waals surface area contributed by atoms with E-state index in [2.05, 4.69) is 5.32 Å². The second kappa shape index (κ2) is 7.23. The van der Waals surface area contributed by atoms with Gasteiger partial charge < -0.3 is 4.90 Å². The van der Waals surface area contributed by atoms with Crippen LogP contribution in [0.1, 0.15) is 24.8 Å². The quantitative estimate of drug-likeness (QED) is 0.826. The van der Waals surface area contributed by atoms with Gasteiger partial charge in [-0.3, -0.25) is 10.1 Å². The predicted molar refractivity (Wildman–Crippen MR) is 78.9 cm³/mol. The summed E-state index contributed by atoms with van der Waals surface area (Å²) in [5, 5.41) is 2.06. The molecule has 9 heteroatoms. The van der Waals surface area contributed by atoms with E-state index in [-0.39, 0.29) is 6.42 Å². The summed E-state index contributed by atoms with van der Waals surface area (Å²) >= 11 is 0. The maximum Gasteiger partial charge on any atom is 0.406 e. The van der Waals surface area contributed by atoms with Gasteiger partial charge in [0.15, 0.2) is 0 Å². The molecule has 1 N–H and O–H groups in total. The first-order valence-electron chi connectivity index (χ1n) is 7.70. The first-order chi connectivity index (χ1) is 11.5. The number of hydrogen-bond acceptors (Lipinski definition) is 2. The molecule has 1 fully saturated rings. The van der Waals surface area contributed by atoms with Crippen LogP contribution in [0.15, 0.2) is 30.3 Å². The summed E-state index contributed by atoms with van der Waals surface area (Å²) in [6, 6.07) is 6.43. The minimum Gasteiger partial charge on any atom is -0.329 e. The van der Waals surface area contributed by atoms with Crippen molar-refractivity contribution in [3.63, 3.8) is 0 Å². The highest BCUT2D eigenvalue weighted by atomic mass is 19.4. The third-order valence-electron chi connectivity index (χ3n) is 4.27. The lowest BCUT2D eigenvalue weighted by Crippen LogP contribution is -2.59. The monoisotopic (exact) mass is 368 g/mol. The molecular formula is C16H18F6N2O. The van der Waals surface area contributed by atoms with Gasteiger partial charge in [0.1, 0.15) is 6.54 Å². The van der Waals surface area contributed by atoms with E-state index in [1.54, 1.807) is 30.3 Å². The fourth-order valence-electron chi connectivity index (χ4n) is 3.11. The summed E-state index contributed by atoms with van der Waals surface area (Å²) in [4.78, 5) is 12.9. The van der Waals surface area contributed by atoms with Crippen molar-refractivity contribution in [2.24, 2.45) is 0 Å². The van der Waals surface area contributed by atoms with Crippen molar-refractivity contribution in [1.82, 2.24) is 10.2 Å². The molecule has 1 aliphatic rings. The topological polar surface area (TPSA) is 32.3 Å². The summed E-state index contributed by atoms with van der Waals surface area (Å²) in [6.45, 7) is -1.43. The fourth-order valence-corrected chi connectivity index (χ4v) is 3.11. The lowest BCUT2D eigenvalue weighted by Gasteiger charge is -2.43. The van der Waals surface area contributed by atoms with Crippen LogP contribution in [0.4, 0.5) is 26.3 Å². The first kappa shape index (κ1) is 19.6. The number of carbonyl (C=O) groups is 1. The third-order valence-corrected chi connectivity index (χ3v) is 4.27. The van der Waals surface area contributed by atoms with E-state index in [0.29, 0.717) is 10.5 Å². The molecule has 0 bridgehead atoms. The van der Waals surface area contributed by atoms with Crippen molar-refractivity contribution in [2.75, 3.05) is 13.1 Å². The van der Waals surface area contributed by atoms with Gasteiger partial charge in [0.25, 0.3) is 0 Å². The molecule has 3 nitrogen and oxygen atoms in total. The fraction of sp³-hybridized carbons (Fsp3) is 0.562. The Morgan fingerprint density at radius 2 is 1.68 bits per heavy atom. The number of nitrogens with zero attached hydrogens (tertiary/aromatic N) is 1. The smallest absolute Gasteiger partial charge is 0.329 e. The van der Waals surface area contributed by atoms with Gasteiger partial charge in [-0.05, 0) is 18.9 Å². The van der Waals surface area contributed by atoms with E-state index in [1.165, 1.54) is 6.92 Å². The van der Waals surface area contributed by atoms with Crippen LogP contribution in [-0.4, -0.2) is 48.3 Å². The number of carbonyl (C=O) groups excluding carboxylic acids is 1. The molecule has 1 heterocycles. The lowest BCUT2D eigenvalue weighted by molar-refractivity contribution is -0.172. The molecule has 1 aliphatic heterocycles. The van der Waals surface area contributed by atoms with Crippen LogP contribution in [0.25, 0.3) is 0 Å². The third kappa shape index (κ3) is 5.35. The normalized spacial score (nSPS) is 25.3. The Hall–Kier alpha value is -1.77. The Morgan fingerprint density at radius 3 is 2.20 bits per heavy atom. The summed E-state index contributed by atoms with van der Waals surface area (Å²) in [6.07, 6.45) is -9.17. The van der Waals surface area contributed by atoms with Crippen molar-refractivity contribution < 1.29 is 31.1 Å². The van der Waals surface area contributed by atoms with Gasteiger partial charge in [-0.1, -0.05) is 30.3 Å². The molecule has 0 aliphatic carbocycles. The maximum absolute atomic E-state index is 12.8. The number of alkyl halides is 6. The molecule has 1 unspecified atom stereocenters. The average Bonchev–Trinajstić information content (AvgIpc) is 2.50. The van der Waals surface area contributed by atoms with Gasteiger partial charge in [0.05, 0.1) is 12.6 Å². The Kier molecular flexibility index (Phi) is 5.65. The van der Waals surface area contributed by atoms with Crippen molar-refractivity contribution in [1.29, 1.82) is 0 Å². The van der Waals surface area contributed by atoms with Crippen LogP contribution in [0, 0.1) is 0 Å². The van der Waals surface area contributed by atoms with Gasteiger partial charge in [0, 0.05) is 12.0 Å². The highest BCUT2D eigenvalue weighted by Gasteiger charge is 2.45. The molecule has 0 saturated carbocycles. The molecule has 1 aromatic carbocycles. The van der Waals surface area contributed by atoms with E-state index < -0.39 is 49.4 Å². The Bertz CT molecular complexity index is 587. The molecule has 1 aromatic rings. The largest absolute Gasteiger partial charge is 0.406 e. The van der Waals surface area contributed by atoms with Crippen molar-refractivity contribution >= 4 is 5.91 Å². The molecule has 2 rings (SSSR count). The number of likely N-dealkylation sites (tertiary alicyclic amines) is 1. The Labute approximate surface area is 141 Å². The zero-order chi connectivity index (χ0) is 18.8. The van der Waals surface area contributed by atoms with Gasteiger partial charge in [-0.25, -0.2) is 0 Å². The van der Waals surface area contributed by atoms with Gasteiger partial charge in [-0.15, -0.1) is 0 Å². The number of amides is 1. The van der Waals surface area contributed by atoms with E-state index in [0.717, 1.165) is 0 Å². The van der Waals surface area contributed by atoms with Crippen molar-refractivity contribution in [2.45, 2.75) is 43.7 Å². The van der Waals surface area contributed by atoms with Crippen LogP contribution >= 0.6 is 0 Å². The molecule has 140 valence electrons. The van der Waals surface area contributed by atoms with Crippen LogP contribution in [-0.2, 0) is 4.79 Å². The molecule has 1 saturated heterocycles. The van der Waals surface area contributed by atoms with E-state index in [9.17, 15) is 31.1 Å². The van der Waals surface area contributed by atoms with Gasteiger partial charge in [-0.2, -0.15) is 26.3 Å². The van der Waals surface area contributed by atoms with Crippen molar-refractivity contribution in [3.05, 3.63) is 35.9 Å². The molecular weight excluding hydrogens is 350 g/mol. The second-order valence-electron chi connectivity index (χ2n) is 6.12. The average molecular weight is 368 g/mol. The molecule has 0 radical (unpaired) electrons. The Morgan fingerprint density at radius 1 is 1.08 bits per heavy atom. The SMILES string of the molecule is C[C@@H]1[C@H](c2ccccc2)CC(NCC(F)(F)F)C(=O)N1CC(F)(F)F. The van der Waals surface area contributed by atoms with E-state index in [4.69, 9.17) is 0 Å². The van der Waals surface area contributed by atoms with Crippen molar-refractivity contribution in [3.8, 4) is 0 Å². The maximum atomic E-state index is 12.8. The standard InChI is InChI=1S/C16H18F6N2O/c1-10-12(11-5-3-2-4-6-11)7-13(23-8-15(17,18)19)14(25)24(10)9-16(20,21)22/h2-6,10,12-13,23H,7-9H2,1H3/t10-,12-,13?/m1/s1. The summed E-state index contributed by atoms with van der Waals surface area (Å²) in [7, 11) is 0. The second-order valence-corrected chi connectivity index (χ2v) is 6.12.